The maximum Gasteiger partial charge on any atom is 0.280 e. The fourth-order valence-corrected chi connectivity index (χ4v) is 5.19. The molecule has 136 valence electrons. The van der Waals surface area contributed by atoms with Gasteiger partial charge in [-0.05, 0) is 24.1 Å². The summed E-state index contributed by atoms with van der Waals surface area (Å²) in [5.74, 6) is -1.57. The van der Waals surface area contributed by atoms with E-state index in [2.05, 4.69) is 4.99 Å². The number of carbonyl (C=O) groups excluding carboxylic acids is 1. The van der Waals surface area contributed by atoms with Gasteiger partial charge in [0.15, 0.2) is 15.8 Å². The first-order chi connectivity index (χ1) is 12.1. The third kappa shape index (κ3) is 3.21. The lowest BCUT2D eigenvalue weighted by Crippen LogP contribution is -2.30. The highest BCUT2D eigenvalue weighted by Crippen LogP contribution is 2.41. The Morgan fingerprint density at radius 2 is 1.88 bits per heavy atom. The number of nitrogens with two attached hydrogens (primary N) is 2. The standard InChI is InChI=1S/C18H19N3O4S/c1-11-7-14-15(8-13(11)16(22)21-17(19)20)26(24,25)10-18(14,23)9-12-5-3-2-4-6-12/h2-8,23H,9-10H2,1H3,(H4,19,20,21,22). The van der Waals surface area contributed by atoms with Gasteiger partial charge in [0.05, 0.1) is 10.6 Å². The Hall–Kier alpha value is -2.71. The lowest BCUT2D eigenvalue weighted by Gasteiger charge is -2.23. The molecule has 3 rings (SSSR count). The normalized spacial score (nSPS) is 20.4. The Morgan fingerprint density at radius 1 is 1.23 bits per heavy atom. The highest BCUT2D eigenvalue weighted by atomic mass is 32.2. The van der Waals surface area contributed by atoms with Crippen LogP contribution in [0.4, 0.5) is 0 Å². The van der Waals surface area contributed by atoms with E-state index in [0.717, 1.165) is 5.56 Å². The van der Waals surface area contributed by atoms with Gasteiger partial charge in [0.1, 0.15) is 5.60 Å². The predicted octanol–water partition coefficient (Wildman–Crippen LogP) is 0.626. The van der Waals surface area contributed by atoms with Crippen LogP contribution in [0.25, 0.3) is 0 Å². The number of fused-ring (bicyclic) bond motifs is 1. The van der Waals surface area contributed by atoms with Crippen LogP contribution < -0.4 is 11.5 Å². The SMILES string of the molecule is Cc1cc2c(cc1C(=O)N=C(N)N)S(=O)(=O)CC2(O)Cc1ccccc1. The number of benzene rings is 2. The zero-order valence-electron chi connectivity index (χ0n) is 14.1. The quantitative estimate of drug-likeness (QED) is 0.533. The van der Waals surface area contributed by atoms with E-state index in [1.54, 1.807) is 6.92 Å². The van der Waals surface area contributed by atoms with Crippen molar-refractivity contribution in [3.8, 4) is 0 Å². The van der Waals surface area contributed by atoms with Gasteiger partial charge < -0.3 is 16.6 Å². The molecule has 2 aromatic rings. The molecule has 0 fully saturated rings. The summed E-state index contributed by atoms with van der Waals surface area (Å²) < 4.78 is 25.2. The third-order valence-electron chi connectivity index (χ3n) is 4.39. The average Bonchev–Trinajstić information content (AvgIpc) is 2.72. The molecule has 2 aromatic carbocycles. The first-order valence-electron chi connectivity index (χ1n) is 7.90. The molecule has 1 atom stereocenters. The number of carbonyl (C=O) groups is 1. The summed E-state index contributed by atoms with van der Waals surface area (Å²) in [7, 11) is -3.75. The molecular formula is C18H19N3O4S. The van der Waals surface area contributed by atoms with E-state index in [0.29, 0.717) is 11.1 Å². The fourth-order valence-electron chi connectivity index (χ4n) is 3.27. The summed E-state index contributed by atoms with van der Waals surface area (Å²) in [6, 6.07) is 11.9. The molecule has 0 aromatic heterocycles. The molecule has 26 heavy (non-hydrogen) atoms. The van der Waals surface area contributed by atoms with Crippen molar-refractivity contribution in [1.29, 1.82) is 0 Å². The van der Waals surface area contributed by atoms with Crippen molar-refractivity contribution in [3.63, 3.8) is 0 Å². The van der Waals surface area contributed by atoms with Crippen molar-refractivity contribution in [1.82, 2.24) is 0 Å². The van der Waals surface area contributed by atoms with Crippen molar-refractivity contribution in [2.75, 3.05) is 5.75 Å². The number of aliphatic imine (C=N–C) groups is 1. The van der Waals surface area contributed by atoms with E-state index in [9.17, 15) is 18.3 Å². The molecule has 0 aliphatic carbocycles. The van der Waals surface area contributed by atoms with Gasteiger partial charge in [-0.15, -0.1) is 0 Å². The Bertz CT molecular complexity index is 1010. The summed E-state index contributed by atoms with van der Waals surface area (Å²) >= 11 is 0. The van der Waals surface area contributed by atoms with Gasteiger partial charge in [-0.3, -0.25) is 4.79 Å². The van der Waals surface area contributed by atoms with Crippen LogP contribution in [0, 0.1) is 6.92 Å². The van der Waals surface area contributed by atoms with Gasteiger partial charge in [-0.1, -0.05) is 36.4 Å². The molecule has 1 unspecified atom stereocenters. The van der Waals surface area contributed by atoms with Crippen LogP contribution in [0.3, 0.4) is 0 Å². The van der Waals surface area contributed by atoms with E-state index < -0.39 is 33.1 Å². The molecule has 1 amide bonds. The lowest BCUT2D eigenvalue weighted by molar-refractivity contribution is 0.0631. The zero-order chi connectivity index (χ0) is 19.1. The minimum Gasteiger partial charge on any atom is -0.384 e. The van der Waals surface area contributed by atoms with Crippen LogP contribution in [0.2, 0.25) is 0 Å². The van der Waals surface area contributed by atoms with Crippen LogP contribution >= 0.6 is 0 Å². The molecule has 1 heterocycles. The average molecular weight is 373 g/mol. The Balaban J connectivity index is 2.12. The predicted molar refractivity (Wildman–Crippen MR) is 97.4 cm³/mol. The van der Waals surface area contributed by atoms with Crippen LogP contribution in [-0.2, 0) is 21.9 Å². The monoisotopic (exact) mass is 373 g/mol. The Morgan fingerprint density at radius 3 is 2.50 bits per heavy atom. The molecule has 0 radical (unpaired) electrons. The second-order valence-corrected chi connectivity index (χ2v) is 8.42. The highest BCUT2D eigenvalue weighted by molar-refractivity contribution is 7.91. The van der Waals surface area contributed by atoms with Gasteiger partial charge >= 0.3 is 0 Å². The van der Waals surface area contributed by atoms with Crippen LogP contribution in [0.15, 0.2) is 52.4 Å². The van der Waals surface area contributed by atoms with E-state index in [1.165, 1.54) is 12.1 Å². The second kappa shape index (κ2) is 6.22. The molecule has 1 aliphatic rings. The minimum atomic E-state index is -3.75. The van der Waals surface area contributed by atoms with Gasteiger partial charge in [0.2, 0.25) is 0 Å². The maximum atomic E-state index is 12.6. The largest absolute Gasteiger partial charge is 0.384 e. The fraction of sp³-hybridized carbons (Fsp3) is 0.222. The van der Waals surface area contributed by atoms with Crippen molar-refractivity contribution in [2.45, 2.75) is 23.8 Å². The summed E-state index contributed by atoms with van der Waals surface area (Å²) in [5, 5.41) is 11.1. The Labute approximate surface area is 151 Å². The van der Waals surface area contributed by atoms with Crippen molar-refractivity contribution in [2.24, 2.45) is 16.5 Å². The Kier molecular flexibility index (Phi) is 4.33. The van der Waals surface area contributed by atoms with Crippen molar-refractivity contribution < 1.29 is 18.3 Å². The summed E-state index contributed by atoms with van der Waals surface area (Å²) in [6.45, 7) is 1.64. The van der Waals surface area contributed by atoms with E-state index >= 15 is 0 Å². The number of nitrogens with zero attached hydrogens (tertiary/aromatic N) is 1. The zero-order valence-corrected chi connectivity index (χ0v) is 15.0. The van der Waals surface area contributed by atoms with Gasteiger partial charge in [-0.2, -0.15) is 4.99 Å². The van der Waals surface area contributed by atoms with Crippen LogP contribution in [0.5, 0.6) is 0 Å². The van der Waals surface area contributed by atoms with Gasteiger partial charge in [-0.25, -0.2) is 8.42 Å². The van der Waals surface area contributed by atoms with Crippen molar-refractivity contribution in [3.05, 3.63) is 64.7 Å². The van der Waals surface area contributed by atoms with E-state index in [4.69, 9.17) is 11.5 Å². The third-order valence-corrected chi connectivity index (χ3v) is 6.26. The molecule has 8 heteroatoms. The number of aryl methyl sites for hydroxylation is 1. The molecule has 0 saturated heterocycles. The van der Waals surface area contributed by atoms with Gasteiger partial charge in [0, 0.05) is 17.5 Å². The molecule has 5 N–H and O–H groups in total. The molecule has 0 spiro atoms. The molecule has 7 nitrogen and oxygen atoms in total. The number of amides is 1. The summed E-state index contributed by atoms with van der Waals surface area (Å²) in [6.07, 6.45) is 0.153. The van der Waals surface area contributed by atoms with E-state index in [1.807, 2.05) is 30.3 Å². The lowest BCUT2D eigenvalue weighted by atomic mass is 9.87. The highest BCUT2D eigenvalue weighted by Gasteiger charge is 2.46. The smallest absolute Gasteiger partial charge is 0.280 e. The first kappa shape index (κ1) is 18.1. The second-order valence-electron chi connectivity index (χ2n) is 6.46. The molecule has 0 bridgehead atoms. The number of rotatable bonds is 3. The molecule has 1 aliphatic heterocycles. The number of guanidine groups is 1. The summed E-state index contributed by atoms with van der Waals surface area (Å²) in [4.78, 5) is 15.5. The topological polar surface area (TPSA) is 136 Å². The number of hydrogen-bond acceptors (Lipinski definition) is 4. The number of sulfone groups is 1. The number of aliphatic hydroxyl groups is 1. The minimum absolute atomic E-state index is 0.0596. The van der Waals surface area contributed by atoms with Crippen LogP contribution in [0.1, 0.15) is 27.0 Å². The summed E-state index contributed by atoms with van der Waals surface area (Å²) in [5.41, 5.74) is 10.6. The van der Waals surface area contributed by atoms with Crippen molar-refractivity contribution >= 4 is 21.7 Å². The van der Waals surface area contributed by atoms with Gasteiger partial charge in [0.25, 0.3) is 5.91 Å². The maximum absolute atomic E-state index is 12.6. The molecule has 0 saturated carbocycles. The number of hydrogen-bond donors (Lipinski definition) is 3. The van der Waals surface area contributed by atoms with Crippen LogP contribution in [-0.4, -0.2) is 31.1 Å². The molecular weight excluding hydrogens is 354 g/mol. The first-order valence-corrected chi connectivity index (χ1v) is 9.56. The van der Waals surface area contributed by atoms with E-state index in [-0.39, 0.29) is 16.9 Å².